The van der Waals surface area contributed by atoms with Crippen molar-refractivity contribution < 1.29 is 4.74 Å². The van der Waals surface area contributed by atoms with Gasteiger partial charge < -0.3 is 10.1 Å². The zero-order chi connectivity index (χ0) is 16.1. The van der Waals surface area contributed by atoms with Gasteiger partial charge in [0.25, 0.3) is 0 Å². The zero-order valence-electron chi connectivity index (χ0n) is 12.4. The van der Waals surface area contributed by atoms with Gasteiger partial charge in [0, 0.05) is 22.2 Å². The number of benzene rings is 3. The molecule has 3 rings (SSSR count). The summed E-state index contributed by atoms with van der Waals surface area (Å²) in [5.74, 6) is 1.47. The third-order valence-corrected chi connectivity index (χ3v) is 4.01. The topological polar surface area (TPSA) is 21.3 Å². The van der Waals surface area contributed by atoms with E-state index in [-0.39, 0.29) is 0 Å². The Balaban J connectivity index is 1.73. The average Bonchev–Trinajstić information content (AvgIpc) is 2.56. The molecule has 0 aliphatic rings. The highest BCUT2D eigenvalue weighted by Crippen LogP contribution is 2.27. The van der Waals surface area contributed by atoms with Gasteiger partial charge in [-0.15, -0.1) is 12.6 Å². The van der Waals surface area contributed by atoms with E-state index in [1.54, 1.807) is 6.07 Å². The minimum absolute atomic E-state index is 0.652. The standard InChI is InChI=1S/C19H16ClNOS/c20-15-5-4-8-17(12-15)22-18-9-10-19(23)14(11-18)13-21-16-6-2-1-3-7-16/h1-12,21,23H,13H2. The molecule has 23 heavy (non-hydrogen) atoms. The summed E-state index contributed by atoms with van der Waals surface area (Å²) >= 11 is 10.5. The van der Waals surface area contributed by atoms with Gasteiger partial charge in [-0.2, -0.15) is 0 Å². The van der Waals surface area contributed by atoms with E-state index in [2.05, 4.69) is 17.9 Å². The van der Waals surface area contributed by atoms with Gasteiger partial charge in [-0.3, -0.25) is 0 Å². The van der Waals surface area contributed by atoms with Gasteiger partial charge in [0.2, 0.25) is 0 Å². The molecule has 1 N–H and O–H groups in total. The number of thiol groups is 1. The number of rotatable bonds is 5. The van der Waals surface area contributed by atoms with Crippen molar-refractivity contribution in [3.05, 3.63) is 83.4 Å². The Labute approximate surface area is 146 Å². The molecule has 0 radical (unpaired) electrons. The van der Waals surface area contributed by atoms with E-state index in [0.717, 1.165) is 21.9 Å². The van der Waals surface area contributed by atoms with Gasteiger partial charge in [-0.25, -0.2) is 0 Å². The lowest BCUT2D eigenvalue weighted by atomic mass is 10.2. The first-order chi connectivity index (χ1) is 11.2. The molecule has 0 fully saturated rings. The second-order valence-electron chi connectivity index (χ2n) is 5.07. The predicted octanol–water partition coefficient (Wildman–Crippen LogP) is 6.03. The van der Waals surface area contributed by atoms with Crippen molar-refractivity contribution in [3.8, 4) is 11.5 Å². The molecule has 3 aromatic carbocycles. The molecule has 0 unspecified atom stereocenters. The molecule has 0 aliphatic carbocycles. The molecular formula is C19H16ClNOS. The minimum atomic E-state index is 0.652. The lowest BCUT2D eigenvalue weighted by molar-refractivity contribution is 0.481. The second-order valence-corrected chi connectivity index (χ2v) is 5.99. The highest BCUT2D eigenvalue weighted by Gasteiger charge is 2.04. The Morgan fingerprint density at radius 2 is 1.65 bits per heavy atom. The van der Waals surface area contributed by atoms with Crippen LogP contribution >= 0.6 is 24.2 Å². The first-order valence-electron chi connectivity index (χ1n) is 7.25. The number of hydrogen-bond donors (Lipinski definition) is 2. The number of ether oxygens (including phenoxy) is 1. The molecule has 0 aromatic heterocycles. The molecule has 0 amide bonds. The van der Waals surface area contributed by atoms with Gasteiger partial charge in [0.05, 0.1) is 0 Å². The molecule has 2 nitrogen and oxygen atoms in total. The summed E-state index contributed by atoms with van der Waals surface area (Å²) in [7, 11) is 0. The Hall–Kier alpha value is -2.10. The SMILES string of the molecule is Sc1ccc(Oc2cccc(Cl)c2)cc1CNc1ccccc1. The van der Waals surface area contributed by atoms with Crippen LogP contribution in [-0.4, -0.2) is 0 Å². The van der Waals surface area contributed by atoms with E-state index in [0.29, 0.717) is 17.3 Å². The summed E-state index contributed by atoms with van der Waals surface area (Å²) in [4.78, 5) is 0.923. The Morgan fingerprint density at radius 1 is 0.870 bits per heavy atom. The van der Waals surface area contributed by atoms with Crippen LogP contribution in [0.5, 0.6) is 11.5 Å². The fourth-order valence-corrected chi connectivity index (χ4v) is 2.59. The van der Waals surface area contributed by atoms with Crippen molar-refractivity contribution in [2.24, 2.45) is 0 Å². The number of para-hydroxylation sites is 1. The lowest BCUT2D eigenvalue weighted by Crippen LogP contribution is -2.00. The minimum Gasteiger partial charge on any atom is -0.457 e. The molecule has 0 atom stereocenters. The van der Waals surface area contributed by atoms with Gasteiger partial charge >= 0.3 is 0 Å². The van der Waals surface area contributed by atoms with E-state index in [1.807, 2.05) is 66.7 Å². The van der Waals surface area contributed by atoms with Crippen LogP contribution in [0.3, 0.4) is 0 Å². The van der Waals surface area contributed by atoms with Crippen LogP contribution in [-0.2, 0) is 6.54 Å². The Morgan fingerprint density at radius 3 is 2.43 bits per heavy atom. The van der Waals surface area contributed by atoms with Crippen LogP contribution < -0.4 is 10.1 Å². The third-order valence-electron chi connectivity index (χ3n) is 3.34. The number of hydrogen-bond acceptors (Lipinski definition) is 3. The van der Waals surface area contributed by atoms with Gasteiger partial charge in [-0.05, 0) is 54.1 Å². The van der Waals surface area contributed by atoms with Crippen molar-refractivity contribution in [2.45, 2.75) is 11.4 Å². The van der Waals surface area contributed by atoms with Crippen LogP contribution in [0, 0.1) is 0 Å². The molecule has 0 spiro atoms. The van der Waals surface area contributed by atoms with E-state index in [4.69, 9.17) is 16.3 Å². The largest absolute Gasteiger partial charge is 0.457 e. The normalized spacial score (nSPS) is 10.3. The highest BCUT2D eigenvalue weighted by atomic mass is 35.5. The monoisotopic (exact) mass is 341 g/mol. The molecular weight excluding hydrogens is 326 g/mol. The summed E-state index contributed by atoms with van der Waals surface area (Å²) in [5.41, 5.74) is 2.14. The van der Waals surface area contributed by atoms with Gasteiger partial charge in [0.15, 0.2) is 0 Å². The van der Waals surface area contributed by atoms with Crippen molar-refractivity contribution in [3.63, 3.8) is 0 Å². The molecule has 0 saturated carbocycles. The van der Waals surface area contributed by atoms with Crippen molar-refractivity contribution >= 4 is 29.9 Å². The quantitative estimate of drug-likeness (QED) is 0.552. The molecule has 0 saturated heterocycles. The first kappa shape index (κ1) is 15.8. The molecule has 116 valence electrons. The Kier molecular flexibility index (Phi) is 5.11. The zero-order valence-corrected chi connectivity index (χ0v) is 14.0. The van der Waals surface area contributed by atoms with Crippen LogP contribution in [0.4, 0.5) is 5.69 Å². The second kappa shape index (κ2) is 7.44. The lowest BCUT2D eigenvalue weighted by Gasteiger charge is -2.12. The number of nitrogens with one attached hydrogen (secondary N) is 1. The summed E-state index contributed by atoms with van der Waals surface area (Å²) in [6.45, 7) is 0.676. The van der Waals surface area contributed by atoms with E-state index >= 15 is 0 Å². The van der Waals surface area contributed by atoms with Crippen molar-refractivity contribution in [1.29, 1.82) is 0 Å². The summed E-state index contributed by atoms with van der Waals surface area (Å²) in [5, 5.41) is 4.03. The van der Waals surface area contributed by atoms with E-state index in [9.17, 15) is 0 Å². The van der Waals surface area contributed by atoms with Crippen LogP contribution in [0.1, 0.15) is 5.56 Å². The van der Waals surface area contributed by atoms with Crippen LogP contribution in [0.25, 0.3) is 0 Å². The predicted molar refractivity (Wildman–Crippen MR) is 99.0 cm³/mol. The molecule has 0 heterocycles. The smallest absolute Gasteiger partial charge is 0.128 e. The van der Waals surface area contributed by atoms with Crippen molar-refractivity contribution in [2.75, 3.05) is 5.32 Å². The van der Waals surface area contributed by atoms with Crippen LogP contribution in [0.15, 0.2) is 77.7 Å². The Bertz CT molecular complexity index is 792. The number of halogens is 1. The van der Waals surface area contributed by atoms with Crippen molar-refractivity contribution in [1.82, 2.24) is 0 Å². The average molecular weight is 342 g/mol. The fraction of sp³-hybridized carbons (Fsp3) is 0.0526. The molecule has 0 aliphatic heterocycles. The summed E-state index contributed by atoms with van der Waals surface area (Å²) in [6.07, 6.45) is 0. The van der Waals surface area contributed by atoms with Gasteiger partial charge in [-0.1, -0.05) is 35.9 Å². The number of anilines is 1. The first-order valence-corrected chi connectivity index (χ1v) is 8.07. The third kappa shape index (κ3) is 4.44. The summed E-state index contributed by atoms with van der Waals surface area (Å²) < 4.78 is 5.86. The highest BCUT2D eigenvalue weighted by molar-refractivity contribution is 7.80. The van der Waals surface area contributed by atoms with E-state index < -0.39 is 0 Å². The van der Waals surface area contributed by atoms with E-state index in [1.165, 1.54) is 0 Å². The van der Waals surface area contributed by atoms with Crippen LogP contribution in [0.2, 0.25) is 5.02 Å². The molecule has 3 aromatic rings. The maximum atomic E-state index is 5.98. The summed E-state index contributed by atoms with van der Waals surface area (Å²) in [6, 6.07) is 23.2. The van der Waals surface area contributed by atoms with Gasteiger partial charge in [0.1, 0.15) is 11.5 Å². The molecule has 0 bridgehead atoms. The maximum Gasteiger partial charge on any atom is 0.128 e. The fourth-order valence-electron chi connectivity index (χ4n) is 2.19. The maximum absolute atomic E-state index is 5.98. The molecule has 4 heteroatoms.